The van der Waals surface area contributed by atoms with Crippen molar-refractivity contribution in [1.82, 2.24) is 5.32 Å². The molecule has 4 fully saturated rings. The fraction of sp³-hybridized carbons (Fsp3) is 0.558. The van der Waals surface area contributed by atoms with E-state index in [2.05, 4.69) is 5.32 Å². The first kappa shape index (κ1) is 42.3. The number of amides is 1. The van der Waals surface area contributed by atoms with E-state index in [-0.39, 0.29) is 35.3 Å². The van der Waals surface area contributed by atoms with Gasteiger partial charge in [0.25, 0.3) is 5.91 Å². The molecule has 2 saturated heterocycles. The molecule has 3 aliphatic carbocycles. The van der Waals surface area contributed by atoms with Crippen LogP contribution in [0.5, 0.6) is 0 Å². The van der Waals surface area contributed by atoms with Crippen molar-refractivity contribution in [3.8, 4) is 0 Å². The van der Waals surface area contributed by atoms with Crippen LogP contribution in [-0.4, -0.2) is 123 Å². The maximum atomic E-state index is 14.3. The fourth-order valence-electron chi connectivity index (χ4n) is 10.5. The average molecular weight is 822 g/mol. The third-order valence-electron chi connectivity index (χ3n) is 13.5. The molecule has 13 atom stereocenters. The number of nitrogens with one attached hydrogen (secondary N) is 1. The Kier molecular flexibility index (Phi) is 10.7. The summed E-state index contributed by atoms with van der Waals surface area (Å²) < 4.78 is 36.7. The van der Waals surface area contributed by atoms with Gasteiger partial charge in [0.2, 0.25) is 5.60 Å². The van der Waals surface area contributed by atoms with E-state index in [4.69, 9.17) is 28.4 Å². The summed E-state index contributed by atoms with van der Waals surface area (Å²) in [5.74, 6) is -5.51. The molecule has 0 radical (unpaired) electrons. The van der Waals surface area contributed by atoms with Crippen molar-refractivity contribution in [3.05, 3.63) is 82.9 Å². The van der Waals surface area contributed by atoms with E-state index in [1.807, 2.05) is 0 Å². The molecule has 16 nitrogen and oxygen atoms in total. The van der Waals surface area contributed by atoms with Crippen molar-refractivity contribution in [1.29, 1.82) is 0 Å². The highest BCUT2D eigenvalue weighted by molar-refractivity contribution is 5.95. The Bertz CT molecular complexity index is 2040. The molecular formula is C43H51NO15. The Hall–Kier alpha value is -4.87. The zero-order valence-corrected chi connectivity index (χ0v) is 33.8. The maximum absolute atomic E-state index is 14.3. The molecular weight excluding hydrogens is 770 g/mol. The second-order valence-electron chi connectivity index (χ2n) is 17.3. The zero-order valence-electron chi connectivity index (χ0n) is 33.8. The Labute approximate surface area is 340 Å². The van der Waals surface area contributed by atoms with Crippen LogP contribution in [0.25, 0.3) is 0 Å². The second-order valence-corrected chi connectivity index (χ2v) is 17.3. The van der Waals surface area contributed by atoms with Crippen molar-refractivity contribution in [2.24, 2.45) is 22.7 Å². The lowest BCUT2D eigenvalue weighted by Crippen LogP contribution is -2.83. The molecule has 1 amide bonds. The van der Waals surface area contributed by atoms with E-state index in [1.165, 1.54) is 26.0 Å². The highest BCUT2D eigenvalue weighted by Gasteiger charge is 2.82. The number of esters is 3. The summed E-state index contributed by atoms with van der Waals surface area (Å²) >= 11 is 0. The molecule has 59 heavy (non-hydrogen) atoms. The highest BCUT2D eigenvalue weighted by Crippen LogP contribution is 2.67. The van der Waals surface area contributed by atoms with Gasteiger partial charge >= 0.3 is 24.1 Å². The molecule has 2 bridgehead atoms. The summed E-state index contributed by atoms with van der Waals surface area (Å²) in [4.78, 5) is 68.5. The lowest BCUT2D eigenvalue weighted by molar-refractivity contribution is -0.364. The van der Waals surface area contributed by atoms with Gasteiger partial charge < -0.3 is 54.2 Å². The average Bonchev–Trinajstić information content (AvgIpc) is 3.56. The number of carbonyl (C=O) groups excluding carboxylic acids is 5. The van der Waals surface area contributed by atoms with E-state index >= 15 is 0 Å². The number of aliphatic hydroxyl groups excluding tert-OH is 4. The van der Waals surface area contributed by atoms with Crippen LogP contribution >= 0.6 is 0 Å². The zero-order chi connectivity index (χ0) is 43.0. The molecule has 318 valence electrons. The van der Waals surface area contributed by atoms with Gasteiger partial charge in [-0.3, -0.25) is 9.59 Å². The topological polar surface area (TPSA) is 234 Å². The molecule has 2 heterocycles. The Morgan fingerprint density at radius 3 is 2.08 bits per heavy atom. The third kappa shape index (κ3) is 6.33. The standard InChI is InChI=1S/C43H51NO15/c1-20(2)28(44-36(50)23-14-10-8-11-15-23)30(48)38(52)55-31-21(3)27-29(47)33(49)41(7)25(46)18-26-42(19-54-26,58-22(4)45)32(41)35(56-37(51)24-16-12-9-13-17-24)43(40(27,5)6)34(31)57-39(53)59-43/h8-17,20,25-26,28-35,46-49H,18-19H2,1-7H3,(H,44,50)/t25-,26+,28-,29+,30+,31+,32?,33+,34-,35-,41+,42-,43+/m0/s1. The van der Waals surface area contributed by atoms with Gasteiger partial charge in [-0.2, -0.15) is 0 Å². The minimum atomic E-state index is -2.27. The van der Waals surface area contributed by atoms with E-state index in [1.54, 1.807) is 76.2 Å². The van der Waals surface area contributed by atoms with Crippen LogP contribution in [0.3, 0.4) is 0 Å². The van der Waals surface area contributed by atoms with Gasteiger partial charge in [-0.25, -0.2) is 14.4 Å². The number of ether oxygens (including phenoxy) is 6. The minimum Gasteiger partial charge on any atom is -0.454 e. The van der Waals surface area contributed by atoms with Gasteiger partial charge in [0.05, 0.1) is 36.3 Å². The maximum Gasteiger partial charge on any atom is 0.509 e. The molecule has 2 aromatic rings. The summed E-state index contributed by atoms with van der Waals surface area (Å²) in [5.41, 5.74) is -7.07. The number of fused-ring (bicyclic) bond motifs is 4. The van der Waals surface area contributed by atoms with E-state index in [0.717, 1.165) is 6.92 Å². The lowest BCUT2D eigenvalue weighted by Gasteiger charge is -2.68. The Balaban J connectivity index is 1.41. The monoisotopic (exact) mass is 821 g/mol. The predicted octanol–water partition coefficient (Wildman–Crippen LogP) is 2.39. The van der Waals surface area contributed by atoms with Crippen LogP contribution < -0.4 is 5.32 Å². The number of hydrogen-bond acceptors (Lipinski definition) is 15. The van der Waals surface area contributed by atoms with Gasteiger partial charge in [0.15, 0.2) is 30.0 Å². The number of benzene rings is 2. The molecule has 5 N–H and O–H groups in total. The summed E-state index contributed by atoms with van der Waals surface area (Å²) in [5, 5.41) is 51.2. The van der Waals surface area contributed by atoms with Crippen LogP contribution in [0.1, 0.15) is 75.6 Å². The van der Waals surface area contributed by atoms with Crippen LogP contribution in [0.2, 0.25) is 0 Å². The molecule has 1 unspecified atom stereocenters. The third-order valence-corrected chi connectivity index (χ3v) is 13.5. The molecule has 2 aromatic carbocycles. The number of rotatable bonds is 9. The van der Waals surface area contributed by atoms with Gasteiger partial charge in [-0.05, 0) is 48.3 Å². The van der Waals surface area contributed by atoms with Crippen LogP contribution in [0.4, 0.5) is 4.79 Å². The van der Waals surface area contributed by atoms with Gasteiger partial charge in [-0.1, -0.05) is 71.0 Å². The van der Waals surface area contributed by atoms with Crippen molar-refractivity contribution in [2.45, 2.75) is 121 Å². The first-order chi connectivity index (χ1) is 27.7. The molecule has 16 heteroatoms. The molecule has 2 saturated carbocycles. The van der Waals surface area contributed by atoms with Crippen molar-refractivity contribution in [2.75, 3.05) is 6.61 Å². The fourth-order valence-corrected chi connectivity index (χ4v) is 10.5. The normalized spacial score (nSPS) is 36.4. The number of hydrogen-bond donors (Lipinski definition) is 5. The molecule has 1 spiro atoms. The molecule has 5 aliphatic rings. The first-order valence-corrected chi connectivity index (χ1v) is 19.7. The van der Waals surface area contributed by atoms with Gasteiger partial charge in [0.1, 0.15) is 12.2 Å². The van der Waals surface area contributed by atoms with Crippen molar-refractivity contribution >= 4 is 30.0 Å². The minimum absolute atomic E-state index is 0.00536. The predicted molar refractivity (Wildman–Crippen MR) is 203 cm³/mol. The van der Waals surface area contributed by atoms with E-state index in [0.29, 0.717) is 0 Å². The summed E-state index contributed by atoms with van der Waals surface area (Å²) in [6.45, 7) is 10.3. The van der Waals surface area contributed by atoms with Crippen molar-refractivity contribution < 1.29 is 72.8 Å². The number of carbonyl (C=O) groups is 5. The van der Waals surface area contributed by atoms with Gasteiger partial charge in [-0.15, -0.1) is 0 Å². The van der Waals surface area contributed by atoms with Crippen molar-refractivity contribution in [3.63, 3.8) is 0 Å². The molecule has 0 aromatic heterocycles. The quantitative estimate of drug-likeness (QED) is 0.139. The summed E-state index contributed by atoms with van der Waals surface area (Å²) in [6, 6.07) is 14.8. The SMILES string of the molecule is CC(=O)O[C@@]12CO[C@@H]1C[C@H](O)[C@]1(C)C2[C@H](OC(=O)c2ccccc2)[C@]23OC(=O)O[C@H]2[C@H](OC(=O)[C@H](O)[C@@H](NC(=O)c2ccccc2)C(C)C)C(C)=C([C@@H](O)[C@H]1O)C3(C)C. The summed E-state index contributed by atoms with van der Waals surface area (Å²) in [6.07, 6.45) is -14.8. The van der Waals surface area contributed by atoms with E-state index in [9.17, 15) is 44.4 Å². The highest BCUT2D eigenvalue weighted by atomic mass is 16.8. The Morgan fingerprint density at radius 2 is 1.53 bits per heavy atom. The van der Waals surface area contributed by atoms with Crippen LogP contribution in [-0.2, 0) is 38.0 Å². The Morgan fingerprint density at radius 1 is 0.915 bits per heavy atom. The first-order valence-electron chi connectivity index (χ1n) is 19.7. The molecule has 2 aliphatic heterocycles. The van der Waals surface area contributed by atoms with Crippen LogP contribution in [0.15, 0.2) is 71.8 Å². The smallest absolute Gasteiger partial charge is 0.454 e. The molecule has 7 rings (SSSR count). The second kappa shape index (κ2) is 15.0. The summed E-state index contributed by atoms with van der Waals surface area (Å²) in [7, 11) is 0. The largest absolute Gasteiger partial charge is 0.509 e. The van der Waals surface area contributed by atoms with Gasteiger partial charge in [0, 0.05) is 29.7 Å². The lowest BCUT2D eigenvalue weighted by atomic mass is 9.44. The van der Waals surface area contributed by atoms with E-state index < -0.39 is 119 Å². The number of aliphatic hydroxyl groups is 4. The van der Waals surface area contributed by atoms with Crippen LogP contribution in [0, 0.1) is 22.7 Å².